The van der Waals surface area contributed by atoms with Gasteiger partial charge in [-0.3, -0.25) is 14.7 Å². The molecule has 1 aromatic carbocycles. The van der Waals surface area contributed by atoms with Crippen LogP contribution < -0.4 is 9.80 Å². The zero-order chi connectivity index (χ0) is 24.5. The van der Waals surface area contributed by atoms with Gasteiger partial charge in [0.25, 0.3) is 5.89 Å². The van der Waals surface area contributed by atoms with Gasteiger partial charge in [0.05, 0.1) is 54.5 Å². The predicted molar refractivity (Wildman–Crippen MR) is 120 cm³/mol. The van der Waals surface area contributed by atoms with Crippen molar-refractivity contribution in [2.45, 2.75) is 25.1 Å². The van der Waals surface area contributed by atoms with Gasteiger partial charge < -0.3 is 19.0 Å². The summed E-state index contributed by atoms with van der Waals surface area (Å²) < 4.78 is 49.7. The maximum absolute atomic E-state index is 14.2. The summed E-state index contributed by atoms with van der Waals surface area (Å²) in [6.07, 6.45) is -0.835. The number of likely N-dealkylation sites (N-methyl/N-ethyl adjacent to an activating group) is 1. The van der Waals surface area contributed by atoms with Crippen LogP contribution in [0.15, 0.2) is 40.9 Å². The zero-order valence-electron chi connectivity index (χ0n) is 18.9. The number of carbonyl (C=O) groups is 1. The normalized spacial score (nSPS) is 16.7. The smallest absolute Gasteiger partial charge is 0.314 e. The quantitative estimate of drug-likeness (QED) is 0.425. The van der Waals surface area contributed by atoms with Gasteiger partial charge in [0.15, 0.2) is 0 Å². The third-order valence-electron chi connectivity index (χ3n) is 6.36. The monoisotopic (exact) mass is 488 g/mol. The number of alkyl halides is 2. The van der Waals surface area contributed by atoms with E-state index in [1.54, 1.807) is 18.2 Å². The Morgan fingerprint density at radius 2 is 1.97 bits per heavy atom. The lowest BCUT2D eigenvalue weighted by Crippen LogP contribution is -2.65. The number of rotatable bonds is 9. The Balaban J connectivity index is 1.31. The minimum atomic E-state index is -2.86. The highest BCUT2D eigenvalue weighted by Gasteiger charge is 2.38. The van der Waals surface area contributed by atoms with Crippen molar-refractivity contribution >= 4 is 17.8 Å². The zero-order valence-corrected chi connectivity index (χ0v) is 18.9. The van der Waals surface area contributed by atoms with Crippen LogP contribution in [0.5, 0.6) is 0 Å². The molecule has 0 N–H and O–H groups in total. The molecule has 0 bridgehead atoms. The summed E-state index contributed by atoms with van der Waals surface area (Å²) in [5, 5.41) is 6.90. The van der Waals surface area contributed by atoms with E-state index in [0.29, 0.717) is 29.4 Å². The molecule has 0 spiro atoms. The number of likely N-dealkylation sites (tertiary alicyclic amines) is 1. The second-order valence-corrected chi connectivity index (χ2v) is 8.56. The second-order valence-electron chi connectivity index (χ2n) is 8.56. The Hall–Kier alpha value is -3.51. The number of ether oxygens (including phenoxy) is 1. The fourth-order valence-electron chi connectivity index (χ4n) is 4.12. The highest BCUT2D eigenvalue weighted by atomic mass is 19.3. The molecule has 2 aliphatic heterocycles. The number of carbonyl (C=O) groups excluding carboxylic acids is 1. The van der Waals surface area contributed by atoms with E-state index in [2.05, 4.69) is 25.0 Å². The second kappa shape index (κ2) is 9.62. The Morgan fingerprint density at radius 1 is 1.17 bits per heavy atom. The number of amides is 1. The first-order valence-corrected chi connectivity index (χ1v) is 11.1. The van der Waals surface area contributed by atoms with Crippen LogP contribution in [0.25, 0.3) is 11.5 Å². The van der Waals surface area contributed by atoms with Gasteiger partial charge in [-0.1, -0.05) is 0 Å². The van der Waals surface area contributed by atoms with Gasteiger partial charge in [-0.2, -0.15) is 8.78 Å². The van der Waals surface area contributed by atoms with Crippen molar-refractivity contribution in [1.29, 1.82) is 0 Å². The van der Waals surface area contributed by atoms with E-state index in [-0.39, 0.29) is 18.5 Å². The van der Waals surface area contributed by atoms with E-state index < -0.39 is 18.1 Å². The van der Waals surface area contributed by atoms with E-state index in [1.165, 1.54) is 23.2 Å². The first-order chi connectivity index (χ1) is 16.9. The van der Waals surface area contributed by atoms with Crippen molar-refractivity contribution in [3.8, 4) is 11.5 Å². The lowest BCUT2D eigenvalue weighted by atomic mass is 10.0. The number of pyridine rings is 1. The number of anilines is 2. The van der Waals surface area contributed by atoms with Crippen molar-refractivity contribution in [3.63, 3.8) is 0 Å². The van der Waals surface area contributed by atoms with Gasteiger partial charge in [-0.05, 0) is 30.3 Å². The minimum Gasteiger partial charge on any atom is -0.415 e. The van der Waals surface area contributed by atoms with Gasteiger partial charge in [-0.15, -0.1) is 10.2 Å². The van der Waals surface area contributed by atoms with Crippen LogP contribution in [0, 0.1) is 5.82 Å². The van der Waals surface area contributed by atoms with E-state index in [1.807, 2.05) is 7.05 Å². The molecule has 2 saturated heterocycles. The molecular formula is C23H23F3N6O3. The Labute approximate surface area is 199 Å². The molecular weight excluding hydrogens is 465 g/mol. The van der Waals surface area contributed by atoms with E-state index in [9.17, 15) is 18.0 Å². The highest BCUT2D eigenvalue weighted by molar-refractivity contribution is 5.84. The van der Waals surface area contributed by atoms with Crippen molar-refractivity contribution in [2.75, 3.05) is 43.2 Å². The molecule has 184 valence electrons. The summed E-state index contributed by atoms with van der Waals surface area (Å²) in [4.78, 5) is 22.1. The number of hydrogen-bond donors (Lipinski definition) is 0. The Bertz CT molecular complexity index is 1180. The van der Waals surface area contributed by atoms with Crippen molar-refractivity contribution in [3.05, 3.63) is 53.9 Å². The first kappa shape index (κ1) is 23.2. The lowest BCUT2D eigenvalue weighted by Gasteiger charge is -2.51. The average Bonchev–Trinajstić information content (AvgIpc) is 3.29. The van der Waals surface area contributed by atoms with Crippen molar-refractivity contribution in [1.82, 2.24) is 20.1 Å². The average molecular weight is 488 g/mol. The molecule has 0 unspecified atom stereocenters. The molecule has 2 fully saturated rings. The third-order valence-corrected chi connectivity index (χ3v) is 6.36. The fraction of sp³-hybridized carbons (Fsp3) is 0.391. The number of hydrogen-bond acceptors (Lipinski definition) is 8. The van der Waals surface area contributed by atoms with Crippen LogP contribution in [0.4, 0.5) is 24.5 Å². The van der Waals surface area contributed by atoms with E-state index in [0.717, 1.165) is 32.0 Å². The molecule has 0 saturated carbocycles. The van der Waals surface area contributed by atoms with E-state index >= 15 is 0 Å². The number of benzene rings is 1. The topological polar surface area (TPSA) is 87.8 Å². The summed E-state index contributed by atoms with van der Waals surface area (Å²) in [6, 6.07) is 8.27. The molecule has 12 heteroatoms. The van der Waals surface area contributed by atoms with Crippen LogP contribution in [-0.4, -0.2) is 71.9 Å². The molecule has 1 amide bonds. The van der Waals surface area contributed by atoms with Crippen LogP contribution >= 0.6 is 0 Å². The highest BCUT2D eigenvalue weighted by Crippen LogP contribution is 2.34. The molecule has 0 radical (unpaired) electrons. The molecule has 3 aromatic rings. The molecule has 9 nitrogen and oxygen atoms in total. The van der Waals surface area contributed by atoms with Crippen LogP contribution in [0.2, 0.25) is 0 Å². The molecule has 35 heavy (non-hydrogen) atoms. The number of nitrogens with zero attached hydrogens (tertiary/aromatic N) is 6. The molecule has 2 aromatic heterocycles. The summed E-state index contributed by atoms with van der Waals surface area (Å²) in [6.45, 7) is 3.32. The summed E-state index contributed by atoms with van der Waals surface area (Å²) >= 11 is 0. The van der Waals surface area contributed by atoms with Gasteiger partial charge in [0, 0.05) is 26.3 Å². The summed E-state index contributed by atoms with van der Waals surface area (Å²) in [7, 11) is 1.93. The molecule has 2 aliphatic rings. The molecule has 0 atom stereocenters. The maximum atomic E-state index is 14.2. The molecule has 0 aliphatic carbocycles. The van der Waals surface area contributed by atoms with Crippen molar-refractivity contribution < 1.29 is 27.1 Å². The van der Waals surface area contributed by atoms with E-state index in [4.69, 9.17) is 9.15 Å². The molecule has 4 heterocycles. The fourth-order valence-corrected chi connectivity index (χ4v) is 4.12. The largest absolute Gasteiger partial charge is 0.415 e. The number of halogens is 3. The number of aromatic nitrogens is 3. The van der Waals surface area contributed by atoms with Crippen LogP contribution in [0.1, 0.15) is 18.0 Å². The maximum Gasteiger partial charge on any atom is 0.314 e. The first-order valence-electron chi connectivity index (χ1n) is 11.1. The van der Waals surface area contributed by atoms with Crippen LogP contribution in [0.3, 0.4) is 0 Å². The summed E-state index contributed by atoms with van der Waals surface area (Å²) in [5.74, 6) is -1.31. The van der Waals surface area contributed by atoms with Gasteiger partial charge >= 0.3 is 6.43 Å². The standard InChI is InChI=1S/C23H23F3N6O3/c1-30(17-9-31(10-17)18-11-34-12-18)19-5-3-15(24)6-20(19)32(13-33)8-16-4-2-14(7-27-16)22-28-29-23(35-22)21(25)26/h2-7,13,17-18,21H,8-12H2,1H3. The third kappa shape index (κ3) is 4.71. The Morgan fingerprint density at radius 3 is 2.57 bits per heavy atom. The van der Waals surface area contributed by atoms with Gasteiger partial charge in [0.1, 0.15) is 5.82 Å². The minimum absolute atomic E-state index is 0.0798. The molecule has 5 rings (SSSR count). The van der Waals surface area contributed by atoms with Crippen molar-refractivity contribution in [2.24, 2.45) is 0 Å². The lowest BCUT2D eigenvalue weighted by molar-refractivity contribution is -0.107. The van der Waals surface area contributed by atoms with Gasteiger partial charge in [-0.25, -0.2) is 4.39 Å². The van der Waals surface area contributed by atoms with Gasteiger partial charge in [0.2, 0.25) is 12.3 Å². The van der Waals surface area contributed by atoms with Crippen LogP contribution in [-0.2, 0) is 16.1 Å². The Kier molecular flexibility index (Phi) is 6.39. The summed E-state index contributed by atoms with van der Waals surface area (Å²) in [5.41, 5.74) is 2.03. The SMILES string of the molecule is CN(c1ccc(F)cc1N(C=O)Cc1ccc(-c2nnc(C(F)F)o2)cn1)C1CN(C2COC2)C1. The predicted octanol–water partition coefficient (Wildman–Crippen LogP) is 2.89.